The van der Waals surface area contributed by atoms with Crippen molar-refractivity contribution in [3.8, 4) is 0 Å². The molecule has 0 aromatic rings. The van der Waals surface area contributed by atoms with Crippen LogP contribution in [0, 0.1) is 5.92 Å². The first kappa shape index (κ1) is 22.7. The lowest BCUT2D eigenvalue weighted by Gasteiger charge is -2.32. The fourth-order valence-corrected chi connectivity index (χ4v) is 4.52. The predicted octanol–water partition coefficient (Wildman–Crippen LogP) is 2.67. The van der Waals surface area contributed by atoms with Gasteiger partial charge in [0.25, 0.3) is 5.91 Å². The molecule has 0 aromatic carbocycles. The average molecular weight is 397 g/mol. The summed E-state index contributed by atoms with van der Waals surface area (Å²) in [6.07, 6.45) is 6.94. The van der Waals surface area contributed by atoms with Gasteiger partial charge in [-0.1, -0.05) is 26.7 Å². The molecule has 1 aliphatic heterocycles. The van der Waals surface area contributed by atoms with Crippen LogP contribution < -0.4 is 0 Å². The number of carbonyl (C=O) groups excluding carboxylic acids is 2. The van der Waals surface area contributed by atoms with Crippen LogP contribution >= 0.6 is 0 Å². The molecule has 1 aliphatic carbocycles. The summed E-state index contributed by atoms with van der Waals surface area (Å²) in [5, 5.41) is 9.08. The van der Waals surface area contributed by atoms with Crippen LogP contribution in [0.15, 0.2) is 0 Å². The SMILES string of the molecule is CCC(OC1CCCC(C)C1)C(=O)N1CCCC(N(CC(=O)O)C(C)=O)CC1. The first-order valence-corrected chi connectivity index (χ1v) is 10.7. The smallest absolute Gasteiger partial charge is 0.323 e. The standard InChI is InChI=1S/C21H36N2O5/c1-4-19(28-18-9-5-7-15(2)13-18)21(27)22-11-6-8-17(10-12-22)23(16(3)24)14-20(25)26/h15,17-19H,4-14H2,1-3H3,(H,25,26). The van der Waals surface area contributed by atoms with Gasteiger partial charge in [0, 0.05) is 26.1 Å². The van der Waals surface area contributed by atoms with Gasteiger partial charge in [-0.3, -0.25) is 14.4 Å². The molecule has 1 saturated heterocycles. The number of hydrogen-bond acceptors (Lipinski definition) is 4. The summed E-state index contributed by atoms with van der Waals surface area (Å²) in [5.41, 5.74) is 0. The van der Waals surface area contributed by atoms with E-state index in [0.717, 1.165) is 25.7 Å². The minimum atomic E-state index is -1.01. The van der Waals surface area contributed by atoms with E-state index in [1.54, 1.807) is 0 Å². The quantitative estimate of drug-likeness (QED) is 0.715. The summed E-state index contributed by atoms with van der Waals surface area (Å²) in [6.45, 7) is 6.52. The summed E-state index contributed by atoms with van der Waals surface area (Å²) in [5.74, 6) is -0.548. The van der Waals surface area contributed by atoms with Crippen molar-refractivity contribution in [2.75, 3.05) is 19.6 Å². The van der Waals surface area contributed by atoms with E-state index in [0.29, 0.717) is 38.3 Å². The molecule has 1 N–H and O–H groups in total. The molecule has 0 radical (unpaired) electrons. The zero-order chi connectivity index (χ0) is 20.7. The third kappa shape index (κ3) is 6.47. The second-order valence-corrected chi connectivity index (χ2v) is 8.38. The van der Waals surface area contributed by atoms with E-state index in [1.165, 1.54) is 18.2 Å². The van der Waals surface area contributed by atoms with E-state index in [1.807, 2.05) is 11.8 Å². The van der Waals surface area contributed by atoms with Gasteiger partial charge >= 0.3 is 5.97 Å². The summed E-state index contributed by atoms with van der Waals surface area (Å²) >= 11 is 0. The molecule has 28 heavy (non-hydrogen) atoms. The molecule has 4 unspecified atom stereocenters. The lowest BCUT2D eigenvalue weighted by Crippen LogP contribution is -2.44. The van der Waals surface area contributed by atoms with Gasteiger partial charge in [0.05, 0.1) is 6.10 Å². The second kappa shape index (κ2) is 10.8. The zero-order valence-electron chi connectivity index (χ0n) is 17.6. The Morgan fingerprint density at radius 2 is 1.89 bits per heavy atom. The van der Waals surface area contributed by atoms with Crippen molar-refractivity contribution in [3.05, 3.63) is 0 Å². The number of carboxylic acid groups (broad SMARTS) is 1. The van der Waals surface area contributed by atoms with E-state index in [-0.39, 0.29) is 30.5 Å². The molecule has 2 rings (SSSR count). The molecular formula is C21H36N2O5. The highest BCUT2D eigenvalue weighted by Gasteiger charge is 2.32. The molecule has 2 fully saturated rings. The molecule has 2 amide bonds. The maximum absolute atomic E-state index is 13.1. The second-order valence-electron chi connectivity index (χ2n) is 8.38. The number of carbonyl (C=O) groups is 3. The normalized spacial score (nSPS) is 27.0. The third-order valence-electron chi connectivity index (χ3n) is 6.05. The van der Waals surface area contributed by atoms with Crippen molar-refractivity contribution in [1.82, 2.24) is 9.80 Å². The third-order valence-corrected chi connectivity index (χ3v) is 6.05. The first-order chi connectivity index (χ1) is 13.3. The van der Waals surface area contributed by atoms with Gasteiger partial charge < -0.3 is 19.6 Å². The number of nitrogens with zero attached hydrogens (tertiary/aromatic N) is 2. The van der Waals surface area contributed by atoms with E-state index in [4.69, 9.17) is 9.84 Å². The molecule has 7 heteroatoms. The van der Waals surface area contributed by atoms with E-state index in [9.17, 15) is 14.4 Å². The molecule has 7 nitrogen and oxygen atoms in total. The molecular weight excluding hydrogens is 360 g/mol. The number of rotatable bonds is 7. The number of amides is 2. The van der Waals surface area contributed by atoms with Gasteiger partial charge in [-0.25, -0.2) is 0 Å². The molecule has 4 atom stereocenters. The largest absolute Gasteiger partial charge is 0.480 e. The van der Waals surface area contributed by atoms with Crippen LogP contribution in [0.3, 0.4) is 0 Å². The fraction of sp³-hybridized carbons (Fsp3) is 0.857. The molecule has 1 saturated carbocycles. The molecule has 160 valence electrons. The lowest BCUT2D eigenvalue weighted by molar-refractivity contribution is -0.150. The fourth-order valence-electron chi connectivity index (χ4n) is 4.52. The number of carboxylic acids is 1. The van der Waals surface area contributed by atoms with Crippen LogP contribution in [-0.2, 0) is 19.1 Å². The maximum Gasteiger partial charge on any atom is 0.323 e. The van der Waals surface area contributed by atoms with Crippen LogP contribution in [0.4, 0.5) is 0 Å². The monoisotopic (exact) mass is 396 g/mol. The van der Waals surface area contributed by atoms with Gasteiger partial charge in [-0.15, -0.1) is 0 Å². The Kier molecular flexibility index (Phi) is 8.73. The Balaban J connectivity index is 1.94. The van der Waals surface area contributed by atoms with Crippen molar-refractivity contribution in [3.63, 3.8) is 0 Å². The van der Waals surface area contributed by atoms with Crippen LogP contribution in [0.1, 0.15) is 72.1 Å². The van der Waals surface area contributed by atoms with Gasteiger partial charge in [-0.05, 0) is 44.4 Å². The van der Waals surface area contributed by atoms with Crippen LogP contribution in [0.2, 0.25) is 0 Å². The minimum Gasteiger partial charge on any atom is -0.480 e. The molecule has 0 aromatic heterocycles. The Bertz CT molecular complexity index is 553. The molecule has 2 aliphatic rings. The van der Waals surface area contributed by atoms with Gasteiger partial charge in [0.15, 0.2) is 0 Å². The average Bonchev–Trinajstić information content (AvgIpc) is 2.89. The van der Waals surface area contributed by atoms with E-state index < -0.39 is 12.1 Å². The highest BCUT2D eigenvalue weighted by molar-refractivity contribution is 5.81. The van der Waals surface area contributed by atoms with Crippen molar-refractivity contribution in [1.29, 1.82) is 0 Å². The predicted molar refractivity (Wildman–Crippen MR) is 106 cm³/mol. The van der Waals surface area contributed by atoms with Crippen molar-refractivity contribution < 1.29 is 24.2 Å². The molecule has 0 spiro atoms. The van der Waals surface area contributed by atoms with Gasteiger partial charge in [0.2, 0.25) is 5.91 Å². The van der Waals surface area contributed by atoms with Gasteiger partial charge in [0.1, 0.15) is 12.6 Å². The summed E-state index contributed by atoms with van der Waals surface area (Å²) < 4.78 is 6.20. The summed E-state index contributed by atoms with van der Waals surface area (Å²) in [6, 6.07) is -0.133. The van der Waals surface area contributed by atoms with Gasteiger partial charge in [-0.2, -0.15) is 0 Å². The Hall–Kier alpha value is -1.63. The molecule has 1 heterocycles. The van der Waals surface area contributed by atoms with Crippen molar-refractivity contribution in [2.45, 2.75) is 90.4 Å². The van der Waals surface area contributed by atoms with E-state index >= 15 is 0 Å². The summed E-state index contributed by atoms with van der Waals surface area (Å²) in [7, 11) is 0. The van der Waals surface area contributed by atoms with E-state index in [2.05, 4.69) is 6.92 Å². The lowest BCUT2D eigenvalue weighted by atomic mass is 9.88. The highest BCUT2D eigenvalue weighted by Crippen LogP contribution is 2.27. The Morgan fingerprint density at radius 1 is 1.14 bits per heavy atom. The zero-order valence-corrected chi connectivity index (χ0v) is 17.6. The topological polar surface area (TPSA) is 87.2 Å². The van der Waals surface area contributed by atoms with Crippen molar-refractivity contribution in [2.24, 2.45) is 5.92 Å². The van der Waals surface area contributed by atoms with Crippen LogP contribution in [0.5, 0.6) is 0 Å². The summed E-state index contributed by atoms with van der Waals surface area (Å²) in [4.78, 5) is 39.3. The highest BCUT2D eigenvalue weighted by atomic mass is 16.5. The first-order valence-electron chi connectivity index (χ1n) is 10.7. The van der Waals surface area contributed by atoms with Crippen LogP contribution in [0.25, 0.3) is 0 Å². The minimum absolute atomic E-state index is 0.0361. The van der Waals surface area contributed by atoms with Crippen LogP contribution in [-0.4, -0.2) is 70.6 Å². The Morgan fingerprint density at radius 3 is 2.50 bits per heavy atom. The van der Waals surface area contributed by atoms with Crippen molar-refractivity contribution >= 4 is 17.8 Å². The number of hydrogen-bond donors (Lipinski definition) is 1. The molecule has 0 bridgehead atoms. The number of likely N-dealkylation sites (tertiary alicyclic amines) is 1. The maximum atomic E-state index is 13.1. The number of aliphatic carboxylic acids is 1. The number of ether oxygens (including phenoxy) is 1. The Labute approximate surface area is 168 Å².